The molecule has 1 N–H and O–H groups in total. The highest BCUT2D eigenvalue weighted by molar-refractivity contribution is 7.58. The van der Waals surface area contributed by atoms with Gasteiger partial charge in [0.2, 0.25) is 7.37 Å². The summed E-state index contributed by atoms with van der Waals surface area (Å²) in [5.74, 6) is 0.506. The monoisotopic (exact) mass is 232 g/mol. The number of hydrogen-bond donors (Lipinski definition) is 1. The van der Waals surface area contributed by atoms with Gasteiger partial charge in [0.05, 0.1) is 0 Å². The van der Waals surface area contributed by atoms with Crippen molar-refractivity contribution in [2.45, 2.75) is 64.5 Å². The van der Waals surface area contributed by atoms with Gasteiger partial charge in [-0.05, 0) is 25.2 Å². The Morgan fingerprint density at radius 2 is 1.93 bits per heavy atom. The van der Waals surface area contributed by atoms with Crippen LogP contribution >= 0.6 is 7.37 Å². The van der Waals surface area contributed by atoms with Crippen molar-refractivity contribution in [2.24, 2.45) is 5.92 Å². The summed E-state index contributed by atoms with van der Waals surface area (Å²) < 4.78 is 12.1. The van der Waals surface area contributed by atoms with Crippen LogP contribution in [-0.2, 0) is 4.57 Å². The van der Waals surface area contributed by atoms with E-state index in [-0.39, 0.29) is 5.66 Å². The van der Waals surface area contributed by atoms with Crippen LogP contribution < -0.4 is 0 Å². The summed E-state index contributed by atoms with van der Waals surface area (Å²) in [7, 11) is -2.87. The van der Waals surface area contributed by atoms with E-state index < -0.39 is 7.37 Å². The van der Waals surface area contributed by atoms with Gasteiger partial charge in [-0.3, -0.25) is 4.57 Å². The molecule has 0 saturated heterocycles. The van der Waals surface area contributed by atoms with Gasteiger partial charge in [-0.25, -0.2) is 0 Å². The molecule has 90 valence electrons. The summed E-state index contributed by atoms with van der Waals surface area (Å²) in [4.78, 5) is 10.0. The molecule has 1 rings (SSSR count). The first kappa shape index (κ1) is 13.3. The molecule has 2 atom stereocenters. The van der Waals surface area contributed by atoms with E-state index in [2.05, 4.69) is 6.92 Å². The summed E-state index contributed by atoms with van der Waals surface area (Å²) in [6.45, 7) is 4.07. The molecular formula is C12H25O2P. The smallest absolute Gasteiger partial charge is 0.203 e. The molecule has 0 aromatic heterocycles. The summed E-state index contributed by atoms with van der Waals surface area (Å²) in [6, 6.07) is 0. The standard InChI is InChI=1S/C12H25O2P/c1-3-4-10-15(13,14)11(2)12-8-6-5-7-9-12/h11-12H,3-10H2,1-2H3,(H,13,14). The zero-order valence-corrected chi connectivity index (χ0v) is 11.0. The SMILES string of the molecule is CCCCP(=O)(O)C(C)C1CCCCC1. The van der Waals surface area contributed by atoms with E-state index in [1.807, 2.05) is 6.92 Å². The number of rotatable bonds is 5. The Labute approximate surface area is 93.9 Å². The van der Waals surface area contributed by atoms with Crippen molar-refractivity contribution in [1.82, 2.24) is 0 Å². The maximum absolute atomic E-state index is 12.1. The fourth-order valence-corrected chi connectivity index (χ4v) is 4.67. The Hall–Kier alpha value is 0.190. The summed E-state index contributed by atoms with van der Waals surface area (Å²) in [6.07, 6.45) is 8.59. The first-order valence-electron chi connectivity index (χ1n) is 6.39. The molecule has 0 aliphatic heterocycles. The summed E-state index contributed by atoms with van der Waals surface area (Å²) >= 11 is 0. The van der Waals surface area contributed by atoms with Crippen LogP contribution in [0.1, 0.15) is 58.8 Å². The van der Waals surface area contributed by atoms with Gasteiger partial charge >= 0.3 is 0 Å². The van der Waals surface area contributed by atoms with Crippen LogP contribution in [0.4, 0.5) is 0 Å². The second kappa shape index (κ2) is 6.06. The Bertz CT molecular complexity index is 222. The average Bonchev–Trinajstić information content (AvgIpc) is 2.26. The second-order valence-electron chi connectivity index (χ2n) is 4.97. The zero-order chi connectivity index (χ0) is 11.3. The summed E-state index contributed by atoms with van der Waals surface area (Å²) in [5.41, 5.74) is 0.0318. The lowest BCUT2D eigenvalue weighted by Crippen LogP contribution is -2.21. The third-order valence-corrected chi connectivity index (χ3v) is 6.45. The van der Waals surface area contributed by atoms with Crippen LogP contribution in [0.3, 0.4) is 0 Å². The first-order valence-corrected chi connectivity index (χ1v) is 8.31. The van der Waals surface area contributed by atoms with Crippen LogP contribution in [0.2, 0.25) is 0 Å². The maximum atomic E-state index is 12.1. The van der Waals surface area contributed by atoms with Crippen molar-refractivity contribution >= 4 is 7.37 Å². The van der Waals surface area contributed by atoms with Gasteiger partial charge in [0.25, 0.3) is 0 Å². The van der Waals surface area contributed by atoms with E-state index in [0.717, 1.165) is 25.7 Å². The molecule has 0 bridgehead atoms. The fraction of sp³-hybridized carbons (Fsp3) is 1.00. The van der Waals surface area contributed by atoms with Gasteiger partial charge < -0.3 is 4.89 Å². The molecular weight excluding hydrogens is 207 g/mol. The molecule has 15 heavy (non-hydrogen) atoms. The molecule has 1 fully saturated rings. The molecule has 3 heteroatoms. The molecule has 0 aromatic rings. The van der Waals surface area contributed by atoms with Crippen LogP contribution in [-0.4, -0.2) is 16.7 Å². The van der Waals surface area contributed by atoms with Gasteiger partial charge in [-0.15, -0.1) is 0 Å². The minimum absolute atomic E-state index is 0.0318. The van der Waals surface area contributed by atoms with Gasteiger partial charge in [0.1, 0.15) is 0 Å². The first-order chi connectivity index (χ1) is 7.08. The quantitative estimate of drug-likeness (QED) is 0.727. The molecule has 1 aliphatic rings. The molecule has 2 unspecified atom stereocenters. The molecule has 0 aromatic carbocycles. The molecule has 0 amide bonds. The topological polar surface area (TPSA) is 37.3 Å². The van der Waals surface area contributed by atoms with Crippen molar-refractivity contribution in [3.8, 4) is 0 Å². The highest BCUT2D eigenvalue weighted by Gasteiger charge is 2.33. The maximum Gasteiger partial charge on any atom is 0.203 e. The highest BCUT2D eigenvalue weighted by atomic mass is 31.2. The fourth-order valence-electron chi connectivity index (χ4n) is 2.53. The zero-order valence-electron chi connectivity index (χ0n) is 10.1. The van der Waals surface area contributed by atoms with E-state index in [4.69, 9.17) is 0 Å². The summed E-state index contributed by atoms with van der Waals surface area (Å²) in [5, 5.41) is 0. The van der Waals surface area contributed by atoms with Gasteiger partial charge in [0.15, 0.2) is 0 Å². The van der Waals surface area contributed by atoms with Crippen LogP contribution in [0.15, 0.2) is 0 Å². The lowest BCUT2D eigenvalue weighted by Gasteiger charge is -2.30. The second-order valence-corrected chi connectivity index (χ2v) is 7.74. The van der Waals surface area contributed by atoms with Crippen LogP contribution in [0, 0.1) is 5.92 Å². The van der Waals surface area contributed by atoms with Crippen molar-refractivity contribution in [3.05, 3.63) is 0 Å². The lowest BCUT2D eigenvalue weighted by atomic mass is 9.87. The van der Waals surface area contributed by atoms with Crippen molar-refractivity contribution in [1.29, 1.82) is 0 Å². The number of hydrogen-bond acceptors (Lipinski definition) is 1. The Morgan fingerprint density at radius 3 is 2.47 bits per heavy atom. The van der Waals surface area contributed by atoms with Crippen LogP contribution in [0.5, 0.6) is 0 Å². The van der Waals surface area contributed by atoms with E-state index in [1.54, 1.807) is 0 Å². The Morgan fingerprint density at radius 1 is 1.33 bits per heavy atom. The van der Waals surface area contributed by atoms with Crippen molar-refractivity contribution in [2.75, 3.05) is 6.16 Å². The van der Waals surface area contributed by atoms with Gasteiger partial charge in [0, 0.05) is 11.8 Å². The van der Waals surface area contributed by atoms with Gasteiger partial charge in [-0.2, -0.15) is 0 Å². The third kappa shape index (κ3) is 3.92. The van der Waals surface area contributed by atoms with Crippen molar-refractivity contribution < 1.29 is 9.46 Å². The lowest BCUT2D eigenvalue weighted by molar-refractivity contribution is 0.333. The van der Waals surface area contributed by atoms with E-state index in [9.17, 15) is 9.46 Å². The predicted molar refractivity (Wildman–Crippen MR) is 65.6 cm³/mol. The minimum Gasteiger partial charge on any atom is -0.344 e. The van der Waals surface area contributed by atoms with Crippen LogP contribution in [0.25, 0.3) is 0 Å². The molecule has 0 radical (unpaired) electrons. The normalized spacial score (nSPS) is 24.7. The van der Waals surface area contributed by atoms with Gasteiger partial charge in [-0.1, -0.05) is 39.5 Å². The Balaban J connectivity index is 2.48. The van der Waals surface area contributed by atoms with Crippen molar-refractivity contribution in [3.63, 3.8) is 0 Å². The highest BCUT2D eigenvalue weighted by Crippen LogP contribution is 2.52. The number of unbranched alkanes of at least 4 members (excludes halogenated alkanes) is 1. The average molecular weight is 232 g/mol. The molecule has 1 aliphatic carbocycles. The Kier molecular flexibility index (Phi) is 5.35. The molecule has 2 nitrogen and oxygen atoms in total. The van der Waals surface area contributed by atoms with E-state index in [1.165, 1.54) is 19.3 Å². The molecule has 1 saturated carbocycles. The predicted octanol–water partition coefficient (Wildman–Crippen LogP) is 4.03. The molecule has 0 heterocycles. The third-order valence-electron chi connectivity index (χ3n) is 3.80. The molecule has 0 spiro atoms. The van der Waals surface area contributed by atoms with E-state index >= 15 is 0 Å². The van der Waals surface area contributed by atoms with E-state index in [0.29, 0.717) is 12.1 Å². The minimum atomic E-state index is -2.87. The largest absolute Gasteiger partial charge is 0.344 e.